The topological polar surface area (TPSA) is 64.4 Å². The first-order valence-electron chi connectivity index (χ1n) is 7.29. The van der Waals surface area contributed by atoms with Crippen molar-refractivity contribution in [1.29, 1.82) is 0 Å². The van der Waals surface area contributed by atoms with Crippen LogP contribution in [0.3, 0.4) is 0 Å². The first-order valence-corrected chi connectivity index (χ1v) is 7.29. The van der Waals surface area contributed by atoms with E-state index in [1.54, 1.807) is 13.8 Å². The van der Waals surface area contributed by atoms with Crippen LogP contribution in [-0.4, -0.2) is 46.3 Å². The van der Waals surface area contributed by atoms with Crippen LogP contribution in [0.15, 0.2) is 30.6 Å². The van der Waals surface area contributed by atoms with Gasteiger partial charge in [-0.1, -0.05) is 0 Å². The maximum atomic E-state index is 13.8. The van der Waals surface area contributed by atoms with Gasteiger partial charge in [-0.15, -0.1) is 0 Å². The van der Waals surface area contributed by atoms with Crippen LogP contribution in [0.2, 0.25) is 0 Å². The highest BCUT2D eigenvalue weighted by molar-refractivity contribution is 5.96. The molecule has 1 unspecified atom stereocenters. The molecule has 128 valence electrons. The Morgan fingerprint density at radius 2 is 2.08 bits per heavy atom. The second-order valence-corrected chi connectivity index (χ2v) is 5.11. The highest BCUT2D eigenvalue weighted by Gasteiger charge is 2.25. The maximum absolute atomic E-state index is 13.8. The van der Waals surface area contributed by atoms with Gasteiger partial charge in [0.1, 0.15) is 17.5 Å². The number of halogens is 2. The Hall–Kier alpha value is -2.77. The van der Waals surface area contributed by atoms with E-state index in [1.165, 1.54) is 30.4 Å². The molecule has 0 spiro atoms. The van der Waals surface area contributed by atoms with Gasteiger partial charge in [-0.3, -0.25) is 4.79 Å². The molecule has 0 N–H and O–H groups in total. The number of amides is 1. The van der Waals surface area contributed by atoms with E-state index < -0.39 is 29.6 Å². The number of rotatable bonds is 5. The van der Waals surface area contributed by atoms with Crippen molar-refractivity contribution in [3.63, 3.8) is 0 Å². The van der Waals surface area contributed by atoms with Crippen LogP contribution in [-0.2, 0) is 9.53 Å². The number of carbonyl (C=O) groups is 2. The summed E-state index contributed by atoms with van der Waals surface area (Å²) in [6.07, 6.45) is 2.56. The molecule has 8 heteroatoms. The summed E-state index contributed by atoms with van der Waals surface area (Å²) in [5, 5.41) is 3.91. The monoisotopic (exact) mass is 337 g/mol. The molecule has 1 atom stereocenters. The Balaban J connectivity index is 2.20. The molecule has 24 heavy (non-hydrogen) atoms. The molecule has 1 aromatic heterocycles. The average molecular weight is 337 g/mol. The summed E-state index contributed by atoms with van der Waals surface area (Å²) in [6.45, 7) is 3.43. The van der Waals surface area contributed by atoms with Gasteiger partial charge in [-0.25, -0.2) is 18.3 Å². The predicted molar refractivity (Wildman–Crippen MR) is 81.7 cm³/mol. The highest BCUT2D eigenvalue weighted by Crippen LogP contribution is 2.15. The number of likely N-dealkylation sites (N-methyl/N-ethyl adjacent to an activating group) is 1. The Labute approximate surface area is 137 Å². The van der Waals surface area contributed by atoms with Gasteiger partial charge in [0.05, 0.1) is 18.4 Å². The molecule has 0 aliphatic carbocycles. The minimum atomic E-state index is -0.801. The van der Waals surface area contributed by atoms with Crippen LogP contribution >= 0.6 is 0 Å². The van der Waals surface area contributed by atoms with Gasteiger partial charge >= 0.3 is 5.97 Å². The van der Waals surface area contributed by atoms with Gasteiger partial charge in [-0.2, -0.15) is 5.10 Å². The molecular weight excluding hydrogens is 320 g/mol. The second-order valence-electron chi connectivity index (χ2n) is 5.11. The molecule has 6 nitrogen and oxygen atoms in total. The largest absolute Gasteiger partial charge is 0.464 e. The Bertz CT molecular complexity index is 761. The van der Waals surface area contributed by atoms with E-state index in [0.29, 0.717) is 0 Å². The van der Waals surface area contributed by atoms with Crippen LogP contribution in [0.25, 0.3) is 5.69 Å². The Morgan fingerprint density at radius 1 is 1.38 bits per heavy atom. The third-order valence-electron chi connectivity index (χ3n) is 3.52. The van der Waals surface area contributed by atoms with E-state index in [2.05, 4.69) is 5.10 Å². The number of nitrogens with zero attached hydrogens (tertiary/aromatic N) is 3. The zero-order valence-corrected chi connectivity index (χ0v) is 13.5. The van der Waals surface area contributed by atoms with Crippen molar-refractivity contribution in [2.45, 2.75) is 19.9 Å². The minimum absolute atomic E-state index is 0.0107. The zero-order valence-electron chi connectivity index (χ0n) is 13.5. The third-order valence-corrected chi connectivity index (χ3v) is 3.52. The van der Waals surface area contributed by atoms with Crippen molar-refractivity contribution in [3.05, 3.63) is 47.8 Å². The lowest BCUT2D eigenvalue weighted by molar-refractivity contribution is -0.147. The first kappa shape index (κ1) is 17.6. The van der Waals surface area contributed by atoms with E-state index in [9.17, 15) is 18.4 Å². The fraction of sp³-hybridized carbons (Fsp3) is 0.312. The van der Waals surface area contributed by atoms with Crippen LogP contribution in [0.1, 0.15) is 24.2 Å². The van der Waals surface area contributed by atoms with Crippen molar-refractivity contribution < 1.29 is 23.1 Å². The van der Waals surface area contributed by atoms with E-state index in [4.69, 9.17) is 4.74 Å². The number of esters is 1. The number of carbonyl (C=O) groups excluding carboxylic acids is 2. The average Bonchev–Trinajstić information content (AvgIpc) is 3.02. The van der Waals surface area contributed by atoms with Gasteiger partial charge in [0.25, 0.3) is 5.91 Å². The molecule has 0 aliphatic heterocycles. The van der Waals surface area contributed by atoms with Crippen molar-refractivity contribution in [2.24, 2.45) is 0 Å². The number of hydrogen-bond donors (Lipinski definition) is 0. The molecular formula is C16H17F2N3O3. The van der Waals surface area contributed by atoms with Crippen molar-refractivity contribution in [3.8, 4) is 5.69 Å². The number of hydrogen-bond acceptors (Lipinski definition) is 4. The summed E-state index contributed by atoms with van der Waals surface area (Å²) in [6, 6.07) is 2.27. The number of aromatic nitrogens is 2. The maximum Gasteiger partial charge on any atom is 0.328 e. The van der Waals surface area contributed by atoms with Crippen LogP contribution < -0.4 is 0 Å². The lowest BCUT2D eigenvalue weighted by atomic mass is 10.2. The number of ether oxygens (including phenoxy) is 1. The van der Waals surface area contributed by atoms with Crippen LogP contribution in [0.5, 0.6) is 0 Å². The highest BCUT2D eigenvalue weighted by atomic mass is 19.1. The summed E-state index contributed by atoms with van der Waals surface area (Å²) < 4.78 is 32.7. The summed E-state index contributed by atoms with van der Waals surface area (Å²) in [4.78, 5) is 25.3. The lowest BCUT2D eigenvalue weighted by Crippen LogP contribution is -2.41. The van der Waals surface area contributed by atoms with Gasteiger partial charge < -0.3 is 9.64 Å². The zero-order chi connectivity index (χ0) is 17.9. The number of benzene rings is 1. The lowest BCUT2D eigenvalue weighted by Gasteiger charge is -2.22. The second kappa shape index (κ2) is 7.20. The SMILES string of the molecule is CCOC(=O)C(C)N(C)C(=O)c1cnn(-c2ccc(F)cc2F)c1. The molecule has 1 aromatic carbocycles. The van der Waals surface area contributed by atoms with Gasteiger partial charge in [0, 0.05) is 19.3 Å². The van der Waals surface area contributed by atoms with E-state index in [0.717, 1.165) is 16.8 Å². The molecule has 2 aromatic rings. The smallest absolute Gasteiger partial charge is 0.328 e. The van der Waals surface area contributed by atoms with Crippen molar-refractivity contribution in [2.75, 3.05) is 13.7 Å². The standard InChI is InChI=1S/C16H17F2N3O3/c1-4-24-16(23)10(2)20(3)15(22)11-8-19-21(9-11)14-6-5-12(17)7-13(14)18/h5-10H,4H2,1-3H3. The summed E-state index contributed by atoms with van der Waals surface area (Å²) in [5.74, 6) is -2.50. The summed E-state index contributed by atoms with van der Waals surface area (Å²) in [5.41, 5.74) is 0.175. The summed E-state index contributed by atoms with van der Waals surface area (Å²) in [7, 11) is 1.46. The fourth-order valence-corrected chi connectivity index (χ4v) is 2.03. The Kier molecular flexibility index (Phi) is 5.28. The minimum Gasteiger partial charge on any atom is -0.464 e. The predicted octanol–water partition coefficient (Wildman–Crippen LogP) is 2.17. The van der Waals surface area contributed by atoms with Crippen molar-refractivity contribution >= 4 is 11.9 Å². The van der Waals surface area contributed by atoms with E-state index >= 15 is 0 Å². The van der Waals surface area contributed by atoms with Crippen LogP contribution in [0.4, 0.5) is 8.78 Å². The summed E-state index contributed by atoms with van der Waals surface area (Å²) >= 11 is 0. The molecule has 0 aliphatic rings. The quantitative estimate of drug-likeness (QED) is 0.785. The first-order chi connectivity index (χ1) is 11.3. The molecule has 0 radical (unpaired) electrons. The van der Waals surface area contributed by atoms with E-state index in [-0.39, 0.29) is 17.9 Å². The van der Waals surface area contributed by atoms with Gasteiger partial charge in [0.15, 0.2) is 5.82 Å². The normalized spacial score (nSPS) is 11.9. The van der Waals surface area contributed by atoms with Crippen LogP contribution in [0, 0.1) is 11.6 Å². The van der Waals surface area contributed by atoms with Gasteiger partial charge in [-0.05, 0) is 26.0 Å². The molecule has 1 heterocycles. The molecule has 0 bridgehead atoms. The van der Waals surface area contributed by atoms with Crippen molar-refractivity contribution in [1.82, 2.24) is 14.7 Å². The molecule has 0 fully saturated rings. The molecule has 0 saturated carbocycles. The molecule has 1 amide bonds. The fourth-order valence-electron chi connectivity index (χ4n) is 2.03. The third kappa shape index (κ3) is 3.58. The molecule has 2 rings (SSSR count). The van der Waals surface area contributed by atoms with E-state index in [1.807, 2.05) is 0 Å². The molecule has 0 saturated heterocycles. The van der Waals surface area contributed by atoms with Gasteiger partial charge in [0.2, 0.25) is 0 Å². The Morgan fingerprint density at radius 3 is 2.71 bits per heavy atom.